The van der Waals surface area contributed by atoms with Gasteiger partial charge in [0.2, 0.25) is 0 Å². The maximum Gasteiger partial charge on any atom is 0.320 e. The first kappa shape index (κ1) is 14.3. The summed E-state index contributed by atoms with van der Waals surface area (Å²) < 4.78 is 11.0. The van der Waals surface area contributed by atoms with Crippen molar-refractivity contribution >= 4 is 11.8 Å². The molecule has 1 aliphatic heterocycles. The normalized spacial score (nSPS) is 23.7. The predicted octanol–water partition coefficient (Wildman–Crippen LogP) is 3.03. The third-order valence-electron chi connectivity index (χ3n) is 4.35. The molecule has 1 saturated heterocycles. The Balaban J connectivity index is 1.36. The second-order valence-electron chi connectivity index (χ2n) is 6.11. The molecular formula is C17H19N3O3. The summed E-state index contributed by atoms with van der Waals surface area (Å²) in [4.78, 5) is 12.1. The summed E-state index contributed by atoms with van der Waals surface area (Å²) in [6.07, 6.45) is 3.43. The quantitative estimate of drug-likeness (QED) is 0.909. The van der Waals surface area contributed by atoms with Gasteiger partial charge in [0, 0.05) is 18.2 Å². The number of amides is 2. The van der Waals surface area contributed by atoms with Crippen molar-refractivity contribution in [3.63, 3.8) is 0 Å². The van der Waals surface area contributed by atoms with Crippen LogP contribution in [-0.2, 0) is 4.74 Å². The molecule has 2 atom stereocenters. The number of aromatic nitrogens is 1. The van der Waals surface area contributed by atoms with E-state index in [9.17, 15) is 4.79 Å². The molecule has 23 heavy (non-hydrogen) atoms. The molecule has 0 radical (unpaired) electrons. The Labute approximate surface area is 134 Å². The van der Waals surface area contributed by atoms with Gasteiger partial charge in [0.05, 0.1) is 12.1 Å². The summed E-state index contributed by atoms with van der Waals surface area (Å²) in [5, 5.41) is 9.61. The van der Waals surface area contributed by atoms with Crippen LogP contribution >= 0.6 is 0 Å². The van der Waals surface area contributed by atoms with Crippen LogP contribution in [-0.4, -0.2) is 29.9 Å². The predicted molar refractivity (Wildman–Crippen MR) is 85.0 cm³/mol. The number of nitrogens with one attached hydrogen (secondary N) is 2. The molecule has 0 unspecified atom stereocenters. The van der Waals surface area contributed by atoms with Crippen molar-refractivity contribution in [2.24, 2.45) is 5.92 Å². The van der Waals surface area contributed by atoms with Crippen molar-refractivity contribution in [2.45, 2.75) is 31.4 Å². The Morgan fingerprint density at radius 3 is 2.78 bits per heavy atom. The SMILES string of the molecule is O=C(Nc1cc(-c2ccccc2)on1)N[C@@H]1CCO[C@H]1C1CC1. The summed E-state index contributed by atoms with van der Waals surface area (Å²) in [5.41, 5.74) is 0.923. The van der Waals surface area contributed by atoms with Crippen molar-refractivity contribution < 1.29 is 14.1 Å². The molecule has 2 amide bonds. The number of ether oxygens (including phenoxy) is 1. The Morgan fingerprint density at radius 1 is 1.17 bits per heavy atom. The maximum atomic E-state index is 12.1. The van der Waals surface area contributed by atoms with Gasteiger partial charge in [-0.15, -0.1) is 0 Å². The van der Waals surface area contributed by atoms with Gasteiger partial charge in [0.15, 0.2) is 11.6 Å². The van der Waals surface area contributed by atoms with Gasteiger partial charge >= 0.3 is 6.03 Å². The van der Waals surface area contributed by atoms with Crippen LogP contribution in [0.15, 0.2) is 40.9 Å². The Bertz CT molecular complexity index is 681. The Morgan fingerprint density at radius 2 is 2.00 bits per heavy atom. The fraction of sp³-hybridized carbons (Fsp3) is 0.412. The van der Waals surface area contributed by atoms with E-state index in [0.717, 1.165) is 12.0 Å². The van der Waals surface area contributed by atoms with Gasteiger partial charge in [-0.3, -0.25) is 5.32 Å². The number of carbonyl (C=O) groups excluding carboxylic acids is 1. The first-order chi connectivity index (χ1) is 11.3. The third kappa shape index (κ3) is 3.22. The number of hydrogen-bond acceptors (Lipinski definition) is 4. The minimum absolute atomic E-state index is 0.0861. The summed E-state index contributed by atoms with van der Waals surface area (Å²) in [7, 11) is 0. The van der Waals surface area contributed by atoms with Crippen molar-refractivity contribution in [1.29, 1.82) is 0 Å². The monoisotopic (exact) mass is 313 g/mol. The van der Waals surface area contributed by atoms with E-state index in [1.54, 1.807) is 6.07 Å². The van der Waals surface area contributed by atoms with Crippen LogP contribution < -0.4 is 10.6 Å². The lowest BCUT2D eigenvalue weighted by atomic mass is 10.1. The molecule has 0 spiro atoms. The Hall–Kier alpha value is -2.34. The maximum absolute atomic E-state index is 12.1. The molecule has 1 aromatic heterocycles. The van der Waals surface area contributed by atoms with Crippen LogP contribution in [0.25, 0.3) is 11.3 Å². The number of carbonyl (C=O) groups is 1. The summed E-state index contributed by atoms with van der Waals surface area (Å²) in [6, 6.07) is 11.2. The fourth-order valence-electron chi connectivity index (χ4n) is 3.05. The molecule has 2 N–H and O–H groups in total. The average molecular weight is 313 g/mol. The number of hydrogen-bond donors (Lipinski definition) is 2. The highest BCUT2D eigenvalue weighted by Crippen LogP contribution is 2.38. The van der Waals surface area contributed by atoms with Crippen molar-refractivity contribution in [3.05, 3.63) is 36.4 Å². The largest absolute Gasteiger partial charge is 0.376 e. The minimum atomic E-state index is -0.265. The molecule has 2 heterocycles. The van der Waals surface area contributed by atoms with Crippen molar-refractivity contribution in [1.82, 2.24) is 10.5 Å². The van der Waals surface area contributed by atoms with Gasteiger partial charge in [0.1, 0.15) is 0 Å². The van der Waals surface area contributed by atoms with E-state index < -0.39 is 0 Å². The Kier molecular flexibility index (Phi) is 3.75. The van der Waals surface area contributed by atoms with Gasteiger partial charge in [-0.05, 0) is 25.2 Å². The molecule has 0 bridgehead atoms. The molecule has 2 aliphatic rings. The second kappa shape index (κ2) is 6.04. The zero-order chi connectivity index (χ0) is 15.6. The fourth-order valence-corrected chi connectivity index (χ4v) is 3.05. The van der Waals surface area contributed by atoms with Gasteiger partial charge in [-0.1, -0.05) is 35.5 Å². The number of benzene rings is 1. The van der Waals surface area contributed by atoms with E-state index >= 15 is 0 Å². The molecule has 1 aliphatic carbocycles. The molecule has 1 saturated carbocycles. The van der Waals surface area contributed by atoms with Gasteiger partial charge in [0.25, 0.3) is 0 Å². The molecule has 4 rings (SSSR count). The van der Waals surface area contributed by atoms with Crippen LogP contribution in [0.1, 0.15) is 19.3 Å². The smallest absolute Gasteiger partial charge is 0.320 e. The van der Waals surface area contributed by atoms with E-state index in [1.807, 2.05) is 30.3 Å². The van der Waals surface area contributed by atoms with Crippen LogP contribution in [0.2, 0.25) is 0 Å². The number of rotatable bonds is 4. The summed E-state index contributed by atoms with van der Waals surface area (Å²) in [6.45, 7) is 0.716. The highest BCUT2D eigenvalue weighted by Gasteiger charge is 2.41. The number of nitrogens with zero attached hydrogens (tertiary/aromatic N) is 1. The van der Waals surface area contributed by atoms with Crippen molar-refractivity contribution in [3.8, 4) is 11.3 Å². The molecule has 2 fully saturated rings. The minimum Gasteiger partial charge on any atom is -0.376 e. The lowest BCUT2D eigenvalue weighted by Gasteiger charge is -2.19. The van der Waals surface area contributed by atoms with Crippen LogP contribution in [0.5, 0.6) is 0 Å². The first-order valence-corrected chi connectivity index (χ1v) is 8.01. The van der Waals surface area contributed by atoms with Gasteiger partial charge in [-0.2, -0.15) is 0 Å². The highest BCUT2D eigenvalue weighted by molar-refractivity contribution is 5.89. The highest BCUT2D eigenvalue weighted by atomic mass is 16.5. The van der Waals surface area contributed by atoms with Crippen molar-refractivity contribution in [2.75, 3.05) is 11.9 Å². The van der Waals surface area contributed by atoms with E-state index in [0.29, 0.717) is 24.1 Å². The molecular weight excluding hydrogens is 294 g/mol. The lowest BCUT2D eigenvalue weighted by Crippen LogP contribution is -2.43. The van der Waals surface area contributed by atoms with Crippen LogP contribution in [0, 0.1) is 5.92 Å². The van der Waals surface area contributed by atoms with Gasteiger partial charge < -0.3 is 14.6 Å². The second-order valence-corrected chi connectivity index (χ2v) is 6.11. The zero-order valence-electron chi connectivity index (χ0n) is 12.7. The van der Waals surface area contributed by atoms with Gasteiger partial charge in [-0.25, -0.2) is 4.79 Å². The molecule has 6 nitrogen and oxygen atoms in total. The summed E-state index contributed by atoms with van der Waals surface area (Å²) >= 11 is 0. The molecule has 120 valence electrons. The molecule has 1 aromatic carbocycles. The van der Waals surface area contributed by atoms with E-state index in [-0.39, 0.29) is 18.2 Å². The van der Waals surface area contributed by atoms with Crippen LogP contribution in [0.3, 0.4) is 0 Å². The number of urea groups is 1. The number of anilines is 1. The zero-order valence-corrected chi connectivity index (χ0v) is 12.7. The van der Waals surface area contributed by atoms with Crippen LogP contribution in [0.4, 0.5) is 10.6 Å². The lowest BCUT2D eigenvalue weighted by molar-refractivity contribution is 0.0829. The first-order valence-electron chi connectivity index (χ1n) is 8.01. The third-order valence-corrected chi connectivity index (χ3v) is 4.35. The van der Waals surface area contributed by atoms with E-state index in [2.05, 4.69) is 15.8 Å². The topological polar surface area (TPSA) is 76.4 Å². The molecule has 6 heteroatoms. The van der Waals surface area contributed by atoms with E-state index in [4.69, 9.17) is 9.26 Å². The standard InChI is InChI=1S/C17H19N3O3/c21-17(18-13-8-9-22-16(13)12-6-7-12)19-15-10-14(23-20-15)11-4-2-1-3-5-11/h1-5,10,12-13,16H,6-9H2,(H2,18,19,20,21)/t13-,16+/m1/s1. The van der Waals surface area contributed by atoms with E-state index in [1.165, 1.54) is 12.8 Å². The summed E-state index contributed by atoms with van der Waals surface area (Å²) in [5.74, 6) is 1.64. The average Bonchev–Trinajstić information content (AvgIpc) is 3.13. The molecule has 2 aromatic rings.